The molecule has 0 saturated heterocycles. The highest BCUT2D eigenvalue weighted by molar-refractivity contribution is 5.93. The summed E-state index contributed by atoms with van der Waals surface area (Å²) in [6.45, 7) is 2.89. The quantitative estimate of drug-likeness (QED) is 0.816. The summed E-state index contributed by atoms with van der Waals surface area (Å²) < 4.78 is 41.4. The predicted molar refractivity (Wildman–Crippen MR) is 54.5 cm³/mol. The minimum atomic E-state index is -4.59. The van der Waals surface area contributed by atoms with Crippen LogP contribution in [-0.4, -0.2) is 24.4 Å². The fourth-order valence-corrected chi connectivity index (χ4v) is 1.16. The molecule has 0 aliphatic carbocycles. The average molecular weight is 246 g/mol. The topological polar surface area (TPSA) is 46.5 Å². The van der Waals surface area contributed by atoms with E-state index in [1.165, 1.54) is 0 Å². The van der Waals surface area contributed by atoms with Gasteiger partial charge in [0.2, 0.25) is 0 Å². The van der Waals surface area contributed by atoms with Crippen molar-refractivity contribution < 1.29 is 27.8 Å². The van der Waals surface area contributed by atoms with E-state index in [2.05, 4.69) is 11.3 Å². The first-order valence-corrected chi connectivity index (χ1v) is 4.45. The van der Waals surface area contributed by atoms with Gasteiger partial charge in [0.25, 0.3) is 0 Å². The molecule has 0 fully saturated rings. The number of rotatable bonds is 2. The summed E-state index contributed by atoms with van der Waals surface area (Å²) in [6.07, 6.45) is -4.59. The molecular formula is C11H9F3O3. The number of allylic oxidation sites excluding steroid dienone is 1. The first kappa shape index (κ1) is 13.1. The van der Waals surface area contributed by atoms with Crippen molar-refractivity contribution >= 4 is 11.5 Å². The zero-order chi connectivity index (χ0) is 13.2. The summed E-state index contributed by atoms with van der Waals surface area (Å²) in [7, 11) is 1.06. The molecule has 0 saturated carbocycles. The lowest BCUT2D eigenvalue weighted by molar-refractivity contribution is -0.0686. The highest BCUT2D eigenvalue weighted by Crippen LogP contribution is 2.34. The Labute approximate surface area is 95.1 Å². The van der Waals surface area contributed by atoms with Crippen molar-refractivity contribution in [3.05, 3.63) is 35.9 Å². The molecule has 3 nitrogen and oxygen atoms in total. The SMILES string of the molecule is C=C(c1ccc(O)c(C(=O)OC)c1)C(F)(F)F. The number of esters is 1. The van der Waals surface area contributed by atoms with Crippen LogP contribution < -0.4 is 0 Å². The number of halogens is 3. The van der Waals surface area contributed by atoms with Gasteiger partial charge in [0.1, 0.15) is 11.3 Å². The van der Waals surface area contributed by atoms with Gasteiger partial charge in [-0.25, -0.2) is 4.79 Å². The van der Waals surface area contributed by atoms with Crippen LogP contribution in [0.5, 0.6) is 5.75 Å². The predicted octanol–water partition coefficient (Wildman–Crippen LogP) is 2.75. The van der Waals surface area contributed by atoms with Crippen LogP contribution in [0.2, 0.25) is 0 Å². The molecule has 6 heteroatoms. The molecule has 1 rings (SSSR count). The number of hydrogen-bond acceptors (Lipinski definition) is 3. The van der Waals surface area contributed by atoms with E-state index < -0.39 is 23.5 Å². The maximum Gasteiger partial charge on any atom is 0.416 e. The average Bonchev–Trinajstić information content (AvgIpc) is 2.26. The van der Waals surface area contributed by atoms with Crippen molar-refractivity contribution in [1.82, 2.24) is 0 Å². The van der Waals surface area contributed by atoms with Crippen LogP contribution in [0.4, 0.5) is 13.2 Å². The van der Waals surface area contributed by atoms with E-state index in [0.29, 0.717) is 0 Å². The van der Waals surface area contributed by atoms with E-state index in [0.717, 1.165) is 25.3 Å². The third-order valence-electron chi connectivity index (χ3n) is 2.09. The summed E-state index contributed by atoms with van der Waals surface area (Å²) in [5, 5.41) is 9.31. The summed E-state index contributed by atoms with van der Waals surface area (Å²) in [6, 6.07) is 2.90. The fraction of sp³-hybridized carbons (Fsp3) is 0.182. The van der Waals surface area contributed by atoms with Crippen molar-refractivity contribution in [2.45, 2.75) is 6.18 Å². The van der Waals surface area contributed by atoms with Crippen molar-refractivity contribution in [3.63, 3.8) is 0 Å². The van der Waals surface area contributed by atoms with Crippen LogP contribution >= 0.6 is 0 Å². The van der Waals surface area contributed by atoms with Gasteiger partial charge >= 0.3 is 12.1 Å². The van der Waals surface area contributed by atoms with Gasteiger partial charge < -0.3 is 9.84 Å². The Morgan fingerprint density at radius 2 is 2.00 bits per heavy atom. The highest BCUT2D eigenvalue weighted by Gasteiger charge is 2.33. The Bertz CT molecular complexity index is 464. The highest BCUT2D eigenvalue weighted by atomic mass is 19.4. The van der Waals surface area contributed by atoms with Crippen LogP contribution in [0, 0.1) is 0 Å². The molecule has 0 atom stereocenters. The lowest BCUT2D eigenvalue weighted by Crippen LogP contribution is -2.10. The maximum atomic E-state index is 12.4. The number of alkyl halides is 3. The lowest BCUT2D eigenvalue weighted by Gasteiger charge is -2.11. The monoisotopic (exact) mass is 246 g/mol. The Balaban J connectivity index is 3.22. The molecule has 0 aromatic heterocycles. The van der Waals surface area contributed by atoms with Gasteiger partial charge in [-0.3, -0.25) is 0 Å². The van der Waals surface area contributed by atoms with E-state index in [1.807, 2.05) is 0 Å². The minimum absolute atomic E-state index is 0.296. The van der Waals surface area contributed by atoms with E-state index in [1.54, 1.807) is 0 Å². The van der Waals surface area contributed by atoms with Crippen molar-refractivity contribution in [2.75, 3.05) is 7.11 Å². The Kier molecular flexibility index (Phi) is 3.45. The minimum Gasteiger partial charge on any atom is -0.507 e. The van der Waals surface area contributed by atoms with Crippen molar-refractivity contribution in [3.8, 4) is 5.75 Å². The number of carbonyl (C=O) groups excluding carboxylic acids is 1. The van der Waals surface area contributed by atoms with Crippen LogP contribution in [0.15, 0.2) is 24.8 Å². The Morgan fingerprint density at radius 3 is 2.47 bits per heavy atom. The summed E-state index contributed by atoms with van der Waals surface area (Å²) in [5.74, 6) is -1.37. The van der Waals surface area contributed by atoms with E-state index in [-0.39, 0.29) is 11.1 Å². The first-order valence-electron chi connectivity index (χ1n) is 4.45. The molecule has 0 amide bonds. The number of phenolic OH excluding ortho intramolecular Hbond substituents is 1. The third kappa shape index (κ3) is 2.77. The maximum absolute atomic E-state index is 12.4. The summed E-state index contributed by atoms with van der Waals surface area (Å²) >= 11 is 0. The Morgan fingerprint density at radius 1 is 1.41 bits per heavy atom. The molecule has 0 aliphatic rings. The number of aromatic hydroxyl groups is 1. The third-order valence-corrected chi connectivity index (χ3v) is 2.09. The van der Waals surface area contributed by atoms with Gasteiger partial charge in [-0.2, -0.15) is 13.2 Å². The molecule has 1 aromatic carbocycles. The number of methoxy groups -OCH3 is 1. The summed E-state index contributed by atoms with van der Waals surface area (Å²) in [4.78, 5) is 11.2. The fourth-order valence-electron chi connectivity index (χ4n) is 1.16. The number of hydrogen-bond donors (Lipinski definition) is 1. The molecule has 0 aliphatic heterocycles. The van der Waals surface area contributed by atoms with Crippen LogP contribution in [0.25, 0.3) is 5.57 Å². The van der Waals surface area contributed by atoms with Crippen LogP contribution in [0.3, 0.4) is 0 Å². The van der Waals surface area contributed by atoms with Gasteiger partial charge in [-0.05, 0) is 17.7 Å². The van der Waals surface area contributed by atoms with Gasteiger partial charge in [0.05, 0.1) is 12.7 Å². The summed E-state index contributed by atoms with van der Waals surface area (Å²) in [5.41, 5.74) is -1.73. The zero-order valence-electron chi connectivity index (χ0n) is 8.84. The molecule has 0 unspecified atom stereocenters. The molecule has 0 spiro atoms. The second-order valence-corrected chi connectivity index (χ2v) is 3.20. The van der Waals surface area contributed by atoms with Gasteiger partial charge in [0.15, 0.2) is 0 Å². The molecule has 92 valence electrons. The smallest absolute Gasteiger partial charge is 0.416 e. The second-order valence-electron chi connectivity index (χ2n) is 3.20. The van der Waals surface area contributed by atoms with E-state index >= 15 is 0 Å². The van der Waals surface area contributed by atoms with Crippen LogP contribution in [0.1, 0.15) is 15.9 Å². The number of phenols is 1. The molecule has 1 N–H and O–H groups in total. The lowest BCUT2D eigenvalue weighted by atomic mass is 10.0. The molecule has 0 radical (unpaired) electrons. The number of benzene rings is 1. The van der Waals surface area contributed by atoms with Gasteiger partial charge in [-0.1, -0.05) is 12.6 Å². The van der Waals surface area contributed by atoms with Crippen LogP contribution in [-0.2, 0) is 4.74 Å². The normalized spacial score (nSPS) is 11.1. The molecular weight excluding hydrogens is 237 g/mol. The van der Waals surface area contributed by atoms with Crippen molar-refractivity contribution in [1.29, 1.82) is 0 Å². The molecule has 0 heterocycles. The molecule has 1 aromatic rings. The first-order chi connectivity index (χ1) is 7.77. The van der Waals surface area contributed by atoms with E-state index in [4.69, 9.17) is 0 Å². The zero-order valence-corrected chi connectivity index (χ0v) is 8.84. The van der Waals surface area contributed by atoms with E-state index in [9.17, 15) is 23.1 Å². The molecule has 0 bridgehead atoms. The van der Waals surface area contributed by atoms with Crippen molar-refractivity contribution in [2.24, 2.45) is 0 Å². The number of ether oxygens (including phenoxy) is 1. The molecule has 17 heavy (non-hydrogen) atoms. The second kappa shape index (κ2) is 4.48. The number of carbonyl (C=O) groups is 1. The Hall–Kier alpha value is -1.98. The largest absolute Gasteiger partial charge is 0.507 e. The van der Waals surface area contributed by atoms with Gasteiger partial charge in [0, 0.05) is 0 Å². The van der Waals surface area contributed by atoms with Gasteiger partial charge in [-0.15, -0.1) is 0 Å². The standard InChI is InChI=1S/C11H9F3O3/c1-6(11(12,13)14)7-3-4-9(15)8(5-7)10(16)17-2/h3-5,15H,1H2,2H3.